The standard InChI is InChI=1S/C12H17ClN2O4S/c1-3-8(2)15-12(16)7-19-11-5-4-9(6-10(11)13)20(14,17)18/h4-6,8H,3,7H2,1-2H3,(H,15,16)(H2,14,17,18). The smallest absolute Gasteiger partial charge is 0.258 e. The molecule has 1 aromatic carbocycles. The average molecular weight is 321 g/mol. The Morgan fingerprint density at radius 3 is 2.65 bits per heavy atom. The van der Waals surface area contributed by atoms with Gasteiger partial charge in [0.15, 0.2) is 6.61 Å². The molecule has 1 amide bonds. The molecular weight excluding hydrogens is 304 g/mol. The minimum absolute atomic E-state index is 0.0614. The summed E-state index contributed by atoms with van der Waals surface area (Å²) >= 11 is 5.88. The number of hydrogen-bond acceptors (Lipinski definition) is 4. The van der Waals surface area contributed by atoms with E-state index >= 15 is 0 Å². The quantitative estimate of drug-likeness (QED) is 0.824. The fourth-order valence-electron chi connectivity index (χ4n) is 1.34. The molecule has 1 unspecified atom stereocenters. The van der Waals surface area contributed by atoms with Gasteiger partial charge in [-0.25, -0.2) is 13.6 Å². The highest BCUT2D eigenvalue weighted by Gasteiger charge is 2.12. The third kappa shape index (κ3) is 4.99. The van der Waals surface area contributed by atoms with Crippen LogP contribution in [0.25, 0.3) is 0 Å². The Kier molecular flexibility index (Phi) is 5.79. The zero-order chi connectivity index (χ0) is 15.3. The van der Waals surface area contributed by atoms with Crippen LogP contribution in [0.15, 0.2) is 23.1 Å². The van der Waals surface area contributed by atoms with Gasteiger partial charge in [0.1, 0.15) is 5.75 Å². The molecule has 1 rings (SSSR count). The second-order valence-corrected chi connectivity index (χ2v) is 6.27. The van der Waals surface area contributed by atoms with Gasteiger partial charge in [0.2, 0.25) is 10.0 Å². The number of rotatable bonds is 6. The minimum atomic E-state index is -3.81. The van der Waals surface area contributed by atoms with Crippen LogP contribution in [-0.4, -0.2) is 27.0 Å². The number of hydrogen-bond donors (Lipinski definition) is 2. The number of primary sulfonamides is 1. The molecule has 0 bridgehead atoms. The second-order valence-electron chi connectivity index (χ2n) is 4.30. The van der Waals surface area contributed by atoms with Gasteiger partial charge in [-0.15, -0.1) is 0 Å². The van der Waals surface area contributed by atoms with E-state index in [1.807, 2.05) is 13.8 Å². The van der Waals surface area contributed by atoms with Gasteiger partial charge in [-0.05, 0) is 31.5 Å². The molecule has 0 heterocycles. The molecule has 0 aromatic heterocycles. The lowest BCUT2D eigenvalue weighted by atomic mass is 10.2. The Morgan fingerprint density at radius 2 is 2.15 bits per heavy atom. The van der Waals surface area contributed by atoms with Crippen molar-refractivity contribution < 1.29 is 17.9 Å². The molecule has 0 saturated carbocycles. The van der Waals surface area contributed by atoms with E-state index in [-0.39, 0.29) is 34.2 Å². The van der Waals surface area contributed by atoms with Gasteiger partial charge in [0, 0.05) is 6.04 Å². The van der Waals surface area contributed by atoms with E-state index in [4.69, 9.17) is 21.5 Å². The summed E-state index contributed by atoms with van der Waals surface area (Å²) in [7, 11) is -3.81. The average Bonchev–Trinajstić information content (AvgIpc) is 2.35. The van der Waals surface area contributed by atoms with Crippen LogP contribution in [0.4, 0.5) is 0 Å². The summed E-state index contributed by atoms with van der Waals surface area (Å²) in [6.07, 6.45) is 0.815. The number of amides is 1. The first-order chi connectivity index (χ1) is 9.24. The van der Waals surface area contributed by atoms with Gasteiger partial charge in [-0.2, -0.15) is 0 Å². The van der Waals surface area contributed by atoms with Gasteiger partial charge in [0.25, 0.3) is 5.91 Å². The normalized spacial score (nSPS) is 12.8. The number of carbonyl (C=O) groups is 1. The van der Waals surface area contributed by atoms with Crippen molar-refractivity contribution in [1.82, 2.24) is 5.32 Å². The Balaban J connectivity index is 2.68. The number of benzene rings is 1. The van der Waals surface area contributed by atoms with Crippen molar-refractivity contribution in [2.75, 3.05) is 6.61 Å². The maximum absolute atomic E-state index is 11.5. The highest BCUT2D eigenvalue weighted by atomic mass is 35.5. The van der Waals surface area contributed by atoms with Crippen molar-refractivity contribution in [2.24, 2.45) is 5.14 Å². The van der Waals surface area contributed by atoms with Crippen LogP contribution in [-0.2, 0) is 14.8 Å². The molecule has 0 spiro atoms. The molecule has 0 aliphatic heterocycles. The van der Waals surface area contributed by atoms with Crippen LogP contribution in [0.3, 0.4) is 0 Å². The van der Waals surface area contributed by atoms with Crippen LogP contribution in [0.5, 0.6) is 5.75 Å². The van der Waals surface area contributed by atoms with E-state index < -0.39 is 10.0 Å². The first-order valence-corrected chi connectivity index (χ1v) is 7.91. The van der Waals surface area contributed by atoms with Gasteiger partial charge < -0.3 is 10.1 Å². The van der Waals surface area contributed by atoms with E-state index in [0.29, 0.717) is 0 Å². The van der Waals surface area contributed by atoms with Crippen molar-refractivity contribution in [3.05, 3.63) is 23.2 Å². The minimum Gasteiger partial charge on any atom is -0.482 e. The maximum atomic E-state index is 11.5. The summed E-state index contributed by atoms with van der Waals surface area (Å²) in [5.41, 5.74) is 0. The summed E-state index contributed by atoms with van der Waals surface area (Å²) in [6, 6.07) is 3.87. The summed E-state index contributed by atoms with van der Waals surface area (Å²) in [4.78, 5) is 11.4. The molecule has 0 radical (unpaired) electrons. The topological polar surface area (TPSA) is 98.5 Å². The summed E-state index contributed by atoms with van der Waals surface area (Å²) in [5.74, 6) is -0.0516. The van der Waals surface area contributed by atoms with Gasteiger partial charge in [-0.1, -0.05) is 18.5 Å². The van der Waals surface area contributed by atoms with E-state index in [0.717, 1.165) is 6.42 Å². The highest BCUT2D eigenvalue weighted by Crippen LogP contribution is 2.26. The van der Waals surface area contributed by atoms with Crippen LogP contribution in [0.2, 0.25) is 5.02 Å². The number of nitrogens with one attached hydrogen (secondary N) is 1. The Hall–Kier alpha value is -1.31. The first-order valence-electron chi connectivity index (χ1n) is 5.98. The second kappa shape index (κ2) is 6.92. The highest BCUT2D eigenvalue weighted by molar-refractivity contribution is 7.89. The Bertz CT molecular complexity index is 589. The van der Waals surface area contributed by atoms with E-state index in [1.165, 1.54) is 18.2 Å². The lowest BCUT2D eigenvalue weighted by Gasteiger charge is -2.12. The van der Waals surface area contributed by atoms with Crippen LogP contribution in [0.1, 0.15) is 20.3 Å². The summed E-state index contributed by atoms with van der Waals surface area (Å²) in [6.45, 7) is 3.64. The molecule has 3 N–H and O–H groups in total. The third-order valence-electron chi connectivity index (χ3n) is 2.61. The van der Waals surface area contributed by atoms with Crippen LogP contribution in [0, 0.1) is 0 Å². The number of ether oxygens (including phenoxy) is 1. The number of halogens is 1. The SMILES string of the molecule is CCC(C)NC(=O)COc1ccc(S(N)(=O)=O)cc1Cl. The Labute approximate surface area is 123 Å². The van der Waals surface area contributed by atoms with Crippen molar-refractivity contribution in [3.8, 4) is 5.75 Å². The van der Waals surface area contributed by atoms with Crippen molar-refractivity contribution in [3.63, 3.8) is 0 Å². The van der Waals surface area contributed by atoms with Gasteiger partial charge in [-0.3, -0.25) is 4.79 Å². The molecule has 0 aliphatic carbocycles. The largest absolute Gasteiger partial charge is 0.482 e. The van der Waals surface area contributed by atoms with E-state index in [9.17, 15) is 13.2 Å². The van der Waals surface area contributed by atoms with Crippen molar-refractivity contribution in [1.29, 1.82) is 0 Å². The first kappa shape index (κ1) is 16.7. The molecule has 6 nitrogen and oxygen atoms in total. The van der Waals surface area contributed by atoms with Gasteiger partial charge >= 0.3 is 0 Å². The lowest BCUT2D eigenvalue weighted by molar-refractivity contribution is -0.123. The molecule has 112 valence electrons. The lowest BCUT2D eigenvalue weighted by Crippen LogP contribution is -2.35. The summed E-state index contributed by atoms with van der Waals surface area (Å²) in [5, 5.41) is 7.79. The Morgan fingerprint density at radius 1 is 1.50 bits per heavy atom. The van der Waals surface area contributed by atoms with E-state index in [1.54, 1.807) is 0 Å². The number of carbonyl (C=O) groups excluding carboxylic acids is 1. The monoisotopic (exact) mass is 320 g/mol. The zero-order valence-corrected chi connectivity index (χ0v) is 12.8. The molecule has 0 aliphatic rings. The fraction of sp³-hybridized carbons (Fsp3) is 0.417. The van der Waals surface area contributed by atoms with Gasteiger partial charge in [0.05, 0.1) is 9.92 Å². The molecule has 1 aromatic rings. The van der Waals surface area contributed by atoms with Crippen molar-refractivity contribution >= 4 is 27.5 Å². The van der Waals surface area contributed by atoms with Crippen LogP contribution >= 0.6 is 11.6 Å². The van der Waals surface area contributed by atoms with Crippen LogP contribution < -0.4 is 15.2 Å². The molecule has 0 fully saturated rings. The fourth-order valence-corrected chi connectivity index (χ4v) is 2.18. The predicted octanol–water partition coefficient (Wildman–Crippen LogP) is 1.28. The molecule has 20 heavy (non-hydrogen) atoms. The predicted molar refractivity (Wildman–Crippen MR) is 76.2 cm³/mol. The zero-order valence-electron chi connectivity index (χ0n) is 11.2. The molecule has 1 atom stereocenters. The number of sulfonamides is 1. The molecule has 8 heteroatoms. The molecular formula is C12H17ClN2O4S. The maximum Gasteiger partial charge on any atom is 0.258 e. The van der Waals surface area contributed by atoms with Crippen molar-refractivity contribution in [2.45, 2.75) is 31.2 Å². The third-order valence-corrected chi connectivity index (χ3v) is 3.82. The summed E-state index contributed by atoms with van der Waals surface area (Å²) < 4.78 is 27.5. The molecule has 0 saturated heterocycles. The number of nitrogens with two attached hydrogens (primary N) is 1. The van der Waals surface area contributed by atoms with E-state index in [2.05, 4.69) is 5.32 Å².